The monoisotopic (exact) mass is 446 g/mol. The summed E-state index contributed by atoms with van der Waals surface area (Å²) in [5.41, 5.74) is 1.79. The van der Waals surface area contributed by atoms with Gasteiger partial charge in [0.2, 0.25) is 5.78 Å². The number of carbonyl (C=O) groups is 2. The van der Waals surface area contributed by atoms with E-state index in [1.165, 1.54) is 4.90 Å². The maximum Gasteiger partial charge on any atom is 0.294 e. The van der Waals surface area contributed by atoms with Crippen LogP contribution in [0.1, 0.15) is 22.2 Å². The van der Waals surface area contributed by atoms with Gasteiger partial charge in [-0.05, 0) is 41.3 Å². The summed E-state index contributed by atoms with van der Waals surface area (Å²) < 4.78 is 5.78. The number of aliphatic hydroxyl groups excluding tert-OH is 1. The zero-order valence-electron chi connectivity index (χ0n) is 17.9. The summed E-state index contributed by atoms with van der Waals surface area (Å²) in [6.45, 7) is 0. The number of pyridine rings is 1. The summed E-state index contributed by atoms with van der Waals surface area (Å²) in [6.07, 6.45) is 3.19. The molecule has 1 N–H and O–H groups in total. The number of benzene rings is 3. The predicted molar refractivity (Wildman–Crippen MR) is 129 cm³/mol. The number of ketones is 1. The smallest absolute Gasteiger partial charge is 0.294 e. The summed E-state index contributed by atoms with van der Waals surface area (Å²) in [5, 5.41) is 13.6. The van der Waals surface area contributed by atoms with Crippen LogP contribution in [0.5, 0.6) is 0 Å². The molecular weight excluding hydrogens is 428 g/mol. The third kappa shape index (κ3) is 3.00. The summed E-state index contributed by atoms with van der Waals surface area (Å²) in [7, 11) is 0. The van der Waals surface area contributed by atoms with Crippen LogP contribution in [-0.4, -0.2) is 21.8 Å². The Kier molecular flexibility index (Phi) is 4.52. The molecule has 5 aromatic rings. The van der Waals surface area contributed by atoms with Gasteiger partial charge in [-0.1, -0.05) is 54.6 Å². The van der Waals surface area contributed by atoms with Gasteiger partial charge in [0.15, 0.2) is 11.5 Å². The van der Waals surface area contributed by atoms with E-state index in [9.17, 15) is 14.7 Å². The minimum absolute atomic E-state index is 0.0248. The maximum atomic E-state index is 13.7. The van der Waals surface area contributed by atoms with Crippen molar-refractivity contribution in [3.05, 3.63) is 120 Å². The predicted octanol–water partition coefficient (Wildman–Crippen LogP) is 5.76. The Bertz CT molecular complexity index is 1580. The van der Waals surface area contributed by atoms with E-state index in [1.54, 1.807) is 36.7 Å². The number of aliphatic hydroxyl groups is 1. The standard InChI is InChI=1S/C28H18N2O4/c31-26(23-16-19-7-2-4-11-22(19)34-23)24-25(18-12-14-29-15-13-18)30(28(33)27(24)32)21-10-5-8-17-6-1-3-9-20(17)21/h1-16,25,32H. The van der Waals surface area contributed by atoms with Crippen LogP contribution in [0.25, 0.3) is 21.7 Å². The van der Waals surface area contributed by atoms with Crippen LogP contribution in [-0.2, 0) is 4.79 Å². The molecule has 0 bridgehead atoms. The number of hydrogen-bond donors (Lipinski definition) is 1. The largest absolute Gasteiger partial charge is 0.503 e. The van der Waals surface area contributed by atoms with Crippen molar-refractivity contribution in [3.63, 3.8) is 0 Å². The van der Waals surface area contributed by atoms with E-state index in [0.717, 1.165) is 16.2 Å². The van der Waals surface area contributed by atoms with Crippen molar-refractivity contribution < 1.29 is 19.1 Å². The van der Waals surface area contributed by atoms with E-state index in [4.69, 9.17) is 4.42 Å². The summed E-state index contributed by atoms with van der Waals surface area (Å²) in [5.74, 6) is -1.70. The Morgan fingerprint density at radius 1 is 0.882 bits per heavy atom. The fraction of sp³-hybridized carbons (Fsp3) is 0.0357. The van der Waals surface area contributed by atoms with Crippen molar-refractivity contribution in [2.24, 2.45) is 0 Å². The third-order valence-electron chi connectivity index (χ3n) is 6.15. The molecule has 0 radical (unpaired) electrons. The van der Waals surface area contributed by atoms with Crippen molar-refractivity contribution in [1.82, 2.24) is 4.98 Å². The van der Waals surface area contributed by atoms with Crippen molar-refractivity contribution in [1.29, 1.82) is 0 Å². The molecule has 1 atom stereocenters. The second-order valence-electron chi connectivity index (χ2n) is 8.10. The lowest BCUT2D eigenvalue weighted by molar-refractivity contribution is -0.117. The number of nitrogens with zero attached hydrogens (tertiary/aromatic N) is 2. The van der Waals surface area contributed by atoms with Gasteiger partial charge in [-0.2, -0.15) is 0 Å². The van der Waals surface area contributed by atoms with Gasteiger partial charge in [0.25, 0.3) is 5.91 Å². The Balaban J connectivity index is 1.55. The Hall–Kier alpha value is -4.71. The van der Waals surface area contributed by atoms with E-state index in [0.29, 0.717) is 16.8 Å². The SMILES string of the molecule is O=C(C1=C(O)C(=O)N(c2cccc3ccccc23)C1c1ccncc1)c1cc2ccccc2o1. The molecule has 6 nitrogen and oxygen atoms in total. The van der Waals surface area contributed by atoms with Crippen molar-refractivity contribution in [2.75, 3.05) is 4.90 Å². The highest BCUT2D eigenvalue weighted by Crippen LogP contribution is 2.44. The number of para-hydroxylation sites is 1. The molecule has 0 saturated heterocycles. The zero-order valence-corrected chi connectivity index (χ0v) is 17.9. The minimum atomic E-state index is -0.845. The fourth-order valence-electron chi connectivity index (χ4n) is 4.59. The molecule has 1 aliphatic rings. The number of amides is 1. The number of furan rings is 1. The first-order chi connectivity index (χ1) is 16.6. The number of Topliss-reactive ketones (excluding diaryl/α,β-unsaturated/α-hetero) is 1. The number of rotatable bonds is 4. The lowest BCUT2D eigenvalue weighted by atomic mass is 9.95. The molecule has 0 spiro atoms. The number of anilines is 1. The highest BCUT2D eigenvalue weighted by Gasteiger charge is 2.45. The summed E-state index contributed by atoms with van der Waals surface area (Å²) in [6, 6.07) is 24.8. The molecule has 164 valence electrons. The number of hydrogen-bond acceptors (Lipinski definition) is 5. The molecule has 6 heteroatoms. The van der Waals surface area contributed by atoms with Crippen LogP contribution >= 0.6 is 0 Å². The molecule has 2 aromatic heterocycles. The number of carbonyl (C=O) groups excluding carboxylic acids is 2. The highest BCUT2D eigenvalue weighted by molar-refractivity contribution is 6.22. The van der Waals surface area contributed by atoms with E-state index >= 15 is 0 Å². The van der Waals surface area contributed by atoms with Crippen LogP contribution in [0.2, 0.25) is 0 Å². The molecule has 1 aliphatic heterocycles. The number of aromatic nitrogens is 1. The average molecular weight is 446 g/mol. The van der Waals surface area contributed by atoms with Gasteiger partial charge in [0.1, 0.15) is 5.58 Å². The molecule has 1 unspecified atom stereocenters. The van der Waals surface area contributed by atoms with Crippen molar-refractivity contribution in [2.45, 2.75) is 6.04 Å². The van der Waals surface area contributed by atoms with Gasteiger partial charge in [-0.15, -0.1) is 0 Å². The Morgan fingerprint density at radius 3 is 2.38 bits per heavy atom. The van der Waals surface area contributed by atoms with Gasteiger partial charge in [0, 0.05) is 23.2 Å². The lowest BCUT2D eigenvalue weighted by Gasteiger charge is -2.27. The van der Waals surface area contributed by atoms with Gasteiger partial charge >= 0.3 is 0 Å². The van der Waals surface area contributed by atoms with Crippen LogP contribution in [0.15, 0.2) is 113 Å². The first kappa shape index (κ1) is 19.9. The molecule has 0 aliphatic carbocycles. The Morgan fingerprint density at radius 2 is 1.59 bits per heavy atom. The highest BCUT2D eigenvalue weighted by atomic mass is 16.3. The van der Waals surface area contributed by atoms with E-state index in [1.807, 2.05) is 60.7 Å². The summed E-state index contributed by atoms with van der Waals surface area (Å²) >= 11 is 0. The average Bonchev–Trinajstić information content (AvgIpc) is 3.43. The molecule has 0 fully saturated rings. The first-order valence-corrected chi connectivity index (χ1v) is 10.8. The molecule has 0 saturated carbocycles. The van der Waals surface area contributed by atoms with Crippen LogP contribution in [0.3, 0.4) is 0 Å². The van der Waals surface area contributed by atoms with Crippen LogP contribution in [0.4, 0.5) is 5.69 Å². The van der Waals surface area contributed by atoms with Crippen molar-refractivity contribution >= 4 is 39.1 Å². The van der Waals surface area contributed by atoms with E-state index in [2.05, 4.69) is 4.98 Å². The van der Waals surface area contributed by atoms with E-state index < -0.39 is 23.5 Å². The van der Waals surface area contributed by atoms with Crippen LogP contribution in [0, 0.1) is 0 Å². The van der Waals surface area contributed by atoms with Gasteiger partial charge < -0.3 is 9.52 Å². The molecule has 1 amide bonds. The summed E-state index contributed by atoms with van der Waals surface area (Å²) in [4.78, 5) is 32.7. The first-order valence-electron chi connectivity index (χ1n) is 10.8. The molecule has 3 aromatic carbocycles. The lowest BCUT2D eigenvalue weighted by Crippen LogP contribution is -2.31. The third-order valence-corrected chi connectivity index (χ3v) is 6.15. The van der Waals surface area contributed by atoms with Crippen LogP contribution < -0.4 is 4.90 Å². The molecule has 6 rings (SSSR count). The molecule has 34 heavy (non-hydrogen) atoms. The van der Waals surface area contributed by atoms with E-state index in [-0.39, 0.29) is 11.3 Å². The van der Waals surface area contributed by atoms with Gasteiger partial charge in [-0.3, -0.25) is 19.5 Å². The maximum absolute atomic E-state index is 13.7. The second-order valence-corrected chi connectivity index (χ2v) is 8.10. The molecule has 3 heterocycles. The fourth-order valence-corrected chi connectivity index (χ4v) is 4.59. The van der Waals surface area contributed by atoms with Crippen molar-refractivity contribution in [3.8, 4) is 0 Å². The Labute approximate surface area is 194 Å². The van der Waals surface area contributed by atoms with Gasteiger partial charge in [-0.25, -0.2) is 0 Å². The quantitative estimate of drug-likeness (QED) is 0.355. The normalized spacial score (nSPS) is 16.1. The van der Waals surface area contributed by atoms with Gasteiger partial charge in [0.05, 0.1) is 17.3 Å². The number of fused-ring (bicyclic) bond motifs is 2. The minimum Gasteiger partial charge on any atom is -0.503 e. The second kappa shape index (κ2) is 7.71. The molecular formula is C28H18N2O4. The zero-order chi connectivity index (χ0) is 23.2. The topological polar surface area (TPSA) is 83.6 Å².